The van der Waals surface area contributed by atoms with Crippen molar-refractivity contribution in [3.63, 3.8) is 0 Å². The molecule has 0 saturated carbocycles. The first kappa shape index (κ1) is 11.0. The van der Waals surface area contributed by atoms with Gasteiger partial charge in [-0.15, -0.1) is 5.53 Å². The third kappa shape index (κ3) is 2.02. The monoisotopic (exact) mass is 242 g/mol. The fourth-order valence-corrected chi connectivity index (χ4v) is 1.66. The zero-order valence-corrected chi connectivity index (χ0v) is 9.65. The summed E-state index contributed by atoms with van der Waals surface area (Å²) in [4.78, 5) is 15.3. The Bertz CT molecular complexity index is 416. The van der Waals surface area contributed by atoms with Crippen LogP contribution in [0.5, 0.6) is 0 Å². The lowest BCUT2D eigenvalue weighted by Crippen LogP contribution is -2.42. The highest BCUT2D eigenvalue weighted by atomic mass is 35.5. The molecule has 2 heterocycles. The number of esters is 1. The number of methoxy groups -OCH3 is 1. The van der Waals surface area contributed by atoms with E-state index in [0.717, 1.165) is 5.71 Å². The summed E-state index contributed by atoms with van der Waals surface area (Å²) in [5.41, 5.74) is 3.71. The van der Waals surface area contributed by atoms with Crippen LogP contribution in [-0.2, 0) is 9.53 Å². The molecule has 0 saturated heterocycles. The van der Waals surface area contributed by atoms with Gasteiger partial charge in [0.25, 0.3) is 0 Å². The third-order valence-electron chi connectivity index (χ3n) is 2.09. The van der Waals surface area contributed by atoms with Gasteiger partial charge in [-0.1, -0.05) is 11.6 Å². The number of fused-ring (bicyclic) bond motifs is 1. The lowest BCUT2D eigenvalue weighted by atomic mass is 10.3. The molecule has 0 bridgehead atoms. The molecule has 0 spiro atoms. The van der Waals surface area contributed by atoms with E-state index >= 15 is 0 Å². The number of hydrazine groups is 2. The van der Waals surface area contributed by atoms with E-state index < -0.39 is 0 Å². The Balaban J connectivity index is 2.11. The van der Waals surface area contributed by atoms with Crippen molar-refractivity contribution in [3.05, 3.63) is 23.3 Å². The SMILES string of the molecule is COC(=O)CN1C=C2N=C(C)C=C(Cl)N2N1. The van der Waals surface area contributed by atoms with Crippen molar-refractivity contribution in [2.45, 2.75) is 6.92 Å². The maximum atomic E-state index is 11.1. The lowest BCUT2D eigenvalue weighted by Gasteiger charge is -2.23. The Hall–Kier alpha value is -1.53. The Morgan fingerprint density at radius 2 is 2.44 bits per heavy atom. The molecular formula is C9H11ClN4O2. The van der Waals surface area contributed by atoms with Crippen molar-refractivity contribution >= 4 is 23.3 Å². The first-order valence-electron chi connectivity index (χ1n) is 4.64. The molecule has 2 aliphatic rings. The summed E-state index contributed by atoms with van der Waals surface area (Å²) in [6.07, 6.45) is 3.42. The van der Waals surface area contributed by atoms with Crippen LogP contribution in [0.3, 0.4) is 0 Å². The topological polar surface area (TPSA) is 57.2 Å². The number of halogens is 1. The predicted octanol–water partition coefficient (Wildman–Crippen LogP) is 0.550. The number of carbonyl (C=O) groups excluding carboxylic acids is 1. The lowest BCUT2D eigenvalue weighted by molar-refractivity contribution is -0.142. The number of aliphatic imine (C=N–C) groups is 1. The van der Waals surface area contributed by atoms with Gasteiger partial charge in [-0.05, 0) is 13.0 Å². The van der Waals surface area contributed by atoms with E-state index in [9.17, 15) is 4.79 Å². The second-order valence-corrected chi connectivity index (χ2v) is 3.73. The number of hydrogen-bond donors (Lipinski definition) is 1. The highest BCUT2D eigenvalue weighted by Gasteiger charge is 2.26. The normalized spacial score (nSPS) is 18.8. The largest absolute Gasteiger partial charge is 0.468 e. The number of hydrogen-bond acceptors (Lipinski definition) is 6. The van der Waals surface area contributed by atoms with Crippen molar-refractivity contribution < 1.29 is 9.53 Å². The van der Waals surface area contributed by atoms with Gasteiger partial charge >= 0.3 is 5.97 Å². The number of rotatable bonds is 2. The molecule has 0 fully saturated rings. The van der Waals surface area contributed by atoms with E-state index in [4.69, 9.17) is 11.6 Å². The standard InChI is InChI=1S/C9H11ClN4O2/c1-6-3-7(10)14-8(11-6)4-13(12-14)5-9(15)16-2/h3-4,12H,5H2,1-2H3. The van der Waals surface area contributed by atoms with Crippen LogP contribution in [0, 0.1) is 0 Å². The fraction of sp³-hybridized carbons (Fsp3) is 0.333. The minimum absolute atomic E-state index is 0.0925. The first-order chi connectivity index (χ1) is 7.60. The van der Waals surface area contributed by atoms with E-state index in [1.165, 1.54) is 7.11 Å². The van der Waals surface area contributed by atoms with Crippen molar-refractivity contribution in [1.29, 1.82) is 0 Å². The fourth-order valence-electron chi connectivity index (χ4n) is 1.38. The zero-order chi connectivity index (χ0) is 11.7. The molecule has 0 aromatic carbocycles. The van der Waals surface area contributed by atoms with E-state index in [1.54, 1.807) is 22.3 Å². The van der Waals surface area contributed by atoms with Crippen LogP contribution in [0.15, 0.2) is 28.2 Å². The molecule has 0 amide bonds. The van der Waals surface area contributed by atoms with Crippen LogP contribution < -0.4 is 5.53 Å². The van der Waals surface area contributed by atoms with E-state index in [0.29, 0.717) is 11.0 Å². The van der Waals surface area contributed by atoms with Crippen LogP contribution in [0.4, 0.5) is 0 Å². The molecule has 6 nitrogen and oxygen atoms in total. The van der Waals surface area contributed by atoms with Crippen LogP contribution in [0.2, 0.25) is 0 Å². The molecule has 7 heteroatoms. The Morgan fingerprint density at radius 1 is 1.69 bits per heavy atom. The molecule has 0 aliphatic carbocycles. The minimum atomic E-state index is -0.343. The summed E-state index contributed by atoms with van der Waals surface area (Å²) in [5.74, 6) is 0.305. The van der Waals surface area contributed by atoms with Gasteiger partial charge in [-0.25, -0.2) is 10.0 Å². The molecule has 0 aromatic rings. The summed E-state index contributed by atoms with van der Waals surface area (Å²) in [6.45, 7) is 1.94. The second kappa shape index (κ2) is 4.15. The molecule has 86 valence electrons. The van der Waals surface area contributed by atoms with E-state index in [1.807, 2.05) is 6.92 Å². The van der Waals surface area contributed by atoms with Crippen LogP contribution in [-0.4, -0.2) is 35.4 Å². The molecule has 1 N–H and O–H groups in total. The quantitative estimate of drug-likeness (QED) is 0.566. The molecule has 0 atom stereocenters. The van der Waals surface area contributed by atoms with Crippen molar-refractivity contribution in [2.75, 3.05) is 13.7 Å². The van der Waals surface area contributed by atoms with Crippen LogP contribution in [0.25, 0.3) is 0 Å². The molecule has 0 aromatic heterocycles. The number of carbonyl (C=O) groups is 1. The van der Waals surface area contributed by atoms with Gasteiger partial charge in [-0.3, -0.25) is 9.80 Å². The molecule has 0 unspecified atom stereocenters. The predicted molar refractivity (Wildman–Crippen MR) is 58.8 cm³/mol. The Kier molecular flexibility index (Phi) is 2.84. The van der Waals surface area contributed by atoms with E-state index in [2.05, 4.69) is 15.3 Å². The molecule has 2 aliphatic heterocycles. The van der Waals surface area contributed by atoms with Gasteiger partial charge < -0.3 is 4.74 Å². The highest BCUT2D eigenvalue weighted by molar-refractivity contribution is 6.31. The molecule has 16 heavy (non-hydrogen) atoms. The van der Waals surface area contributed by atoms with Gasteiger partial charge in [0.1, 0.15) is 11.7 Å². The maximum Gasteiger partial charge on any atom is 0.326 e. The minimum Gasteiger partial charge on any atom is -0.468 e. The number of nitrogens with one attached hydrogen (secondary N) is 1. The molecular weight excluding hydrogens is 232 g/mol. The molecule has 0 radical (unpaired) electrons. The average molecular weight is 243 g/mol. The smallest absolute Gasteiger partial charge is 0.326 e. The number of allylic oxidation sites excluding steroid dienone is 1. The Labute approximate surface area is 97.8 Å². The van der Waals surface area contributed by atoms with Crippen LogP contribution in [0.1, 0.15) is 6.92 Å². The summed E-state index contributed by atoms with van der Waals surface area (Å²) in [7, 11) is 1.34. The van der Waals surface area contributed by atoms with Crippen molar-refractivity contribution in [3.8, 4) is 0 Å². The third-order valence-corrected chi connectivity index (χ3v) is 2.37. The number of ether oxygens (including phenoxy) is 1. The maximum absolute atomic E-state index is 11.1. The summed E-state index contributed by atoms with van der Waals surface area (Å²) < 4.78 is 4.56. The second-order valence-electron chi connectivity index (χ2n) is 3.35. The zero-order valence-electron chi connectivity index (χ0n) is 8.90. The van der Waals surface area contributed by atoms with Gasteiger partial charge in [0.05, 0.1) is 13.3 Å². The summed E-state index contributed by atoms with van der Waals surface area (Å²) in [6, 6.07) is 0. The number of nitrogens with zero attached hydrogens (tertiary/aromatic N) is 3. The molecule has 2 rings (SSSR count). The summed E-state index contributed by atoms with van der Waals surface area (Å²) >= 11 is 6.01. The Morgan fingerprint density at radius 3 is 3.12 bits per heavy atom. The first-order valence-corrected chi connectivity index (χ1v) is 5.02. The van der Waals surface area contributed by atoms with Crippen molar-refractivity contribution in [2.24, 2.45) is 4.99 Å². The van der Waals surface area contributed by atoms with Gasteiger partial charge in [-0.2, -0.15) is 0 Å². The summed E-state index contributed by atoms with van der Waals surface area (Å²) in [5, 5.41) is 3.64. The van der Waals surface area contributed by atoms with Gasteiger partial charge in [0, 0.05) is 5.71 Å². The van der Waals surface area contributed by atoms with Crippen LogP contribution >= 0.6 is 11.6 Å². The van der Waals surface area contributed by atoms with Crippen molar-refractivity contribution in [1.82, 2.24) is 15.6 Å². The van der Waals surface area contributed by atoms with Gasteiger partial charge in [0.15, 0.2) is 5.82 Å². The van der Waals surface area contributed by atoms with E-state index in [-0.39, 0.29) is 12.5 Å². The van der Waals surface area contributed by atoms with Gasteiger partial charge in [0.2, 0.25) is 0 Å². The highest BCUT2D eigenvalue weighted by Crippen LogP contribution is 2.24. The average Bonchev–Trinajstić information content (AvgIpc) is 2.60.